The van der Waals surface area contributed by atoms with Gasteiger partial charge in [-0.25, -0.2) is 0 Å². The lowest BCUT2D eigenvalue weighted by atomic mass is 10.0. The first kappa shape index (κ1) is 11.9. The van der Waals surface area contributed by atoms with Crippen LogP contribution in [0, 0.1) is 0 Å². The Labute approximate surface area is 110 Å². The summed E-state index contributed by atoms with van der Waals surface area (Å²) < 4.78 is 0. The van der Waals surface area contributed by atoms with E-state index in [2.05, 4.69) is 5.32 Å². The van der Waals surface area contributed by atoms with Gasteiger partial charge in [0.05, 0.1) is 11.1 Å². The van der Waals surface area contributed by atoms with Gasteiger partial charge in [-0.1, -0.05) is 12.1 Å². The summed E-state index contributed by atoms with van der Waals surface area (Å²) in [6.45, 7) is 3.76. The van der Waals surface area contributed by atoms with Gasteiger partial charge in [0, 0.05) is 5.54 Å². The maximum absolute atomic E-state index is 12.3. The Hall–Kier alpha value is -2.17. The second-order valence-corrected chi connectivity index (χ2v) is 5.62. The lowest BCUT2D eigenvalue weighted by Crippen LogP contribution is -2.44. The normalized spacial score (nSPS) is 24.6. The van der Waals surface area contributed by atoms with Crippen LogP contribution in [-0.4, -0.2) is 34.2 Å². The second kappa shape index (κ2) is 3.66. The molecule has 0 radical (unpaired) electrons. The number of carbonyl (C=O) groups excluding carboxylic acids is 3. The van der Waals surface area contributed by atoms with Crippen LogP contribution in [0.4, 0.5) is 0 Å². The topological polar surface area (TPSA) is 66.5 Å². The number of carbonyl (C=O) groups is 3. The maximum Gasteiger partial charge on any atom is 0.262 e. The molecule has 1 aromatic rings. The predicted molar refractivity (Wildman–Crippen MR) is 67.6 cm³/mol. The molecule has 1 fully saturated rings. The minimum atomic E-state index is -0.706. The van der Waals surface area contributed by atoms with Gasteiger partial charge < -0.3 is 5.32 Å². The van der Waals surface area contributed by atoms with Crippen LogP contribution in [0.2, 0.25) is 0 Å². The zero-order valence-corrected chi connectivity index (χ0v) is 10.8. The first-order valence-electron chi connectivity index (χ1n) is 6.20. The average Bonchev–Trinajstić information content (AvgIpc) is 2.75. The molecule has 19 heavy (non-hydrogen) atoms. The SMILES string of the molecule is CC1(C)C[C@H](N2C(=O)c3ccccc3C2=O)C(=O)N1. The molecule has 98 valence electrons. The third-order valence-corrected chi connectivity index (χ3v) is 3.61. The van der Waals surface area contributed by atoms with Crippen LogP contribution in [0.1, 0.15) is 41.0 Å². The Morgan fingerprint density at radius 2 is 1.63 bits per heavy atom. The van der Waals surface area contributed by atoms with Gasteiger partial charge in [-0.15, -0.1) is 0 Å². The number of benzene rings is 1. The second-order valence-electron chi connectivity index (χ2n) is 5.62. The molecule has 2 aliphatic heterocycles. The Balaban J connectivity index is 1.99. The molecule has 3 rings (SSSR count). The van der Waals surface area contributed by atoms with E-state index in [0.29, 0.717) is 17.5 Å². The van der Waals surface area contributed by atoms with Crippen LogP contribution in [-0.2, 0) is 4.79 Å². The van der Waals surface area contributed by atoms with Crippen LogP contribution < -0.4 is 5.32 Å². The summed E-state index contributed by atoms with van der Waals surface area (Å²) in [5.41, 5.74) is 0.367. The van der Waals surface area contributed by atoms with E-state index in [9.17, 15) is 14.4 Å². The van der Waals surface area contributed by atoms with Gasteiger partial charge >= 0.3 is 0 Å². The van der Waals surface area contributed by atoms with Crippen molar-refractivity contribution in [2.24, 2.45) is 0 Å². The minimum Gasteiger partial charge on any atom is -0.349 e. The Morgan fingerprint density at radius 1 is 1.11 bits per heavy atom. The molecule has 0 unspecified atom stereocenters. The molecule has 0 aromatic heterocycles. The van der Waals surface area contributed by atoms with E-state index in [1.54, 1.807) is 24.3 Å². The largest absolute Gasteiger partial charge is 0.349 e. The standard InChI is InChI=1S/C14H14N2O3/c1-14(2)7-10(11(17)15-14)16-12(18)8-5-3-4-6-9(8)13(16)19/h3-6,10H,7H2,1-2H3,(H,15,17)/t10-/m0/s1. The average molecular weight is 258 g/mol. The number of nitrogens with one attached hydrogen (secondary N) is 1. The van der Waals surface area contributed by atoms with Crippen LogP contribution in [0.15, 0.2) is 24.3 Å². The highest BCUT2D eigenvalue weighted by Crippen LogP contribution is 2.30. The van der Waals surface area contributed by atoms with E-state index in [1.165, 1.54) is 0 Å². The van der Waals surface area contributed by atoms with E-state index < -0.39 is 11.6 Å². The molecule has 3 amide bonds. The van der Waals surface area contributed by atoms with Gasteiger partial charge in [-0.3, -0.25) is 19.3 Å². The van der Waals surface area contributed by atoms with Crippen molar-refractivity contribution in [3.05, 3.63) is 35.4 Å². The van der Waals surface area contributed by atoms with E-state index >= 15 is 0 Å². The molecule has 2 aliphatic rings. The summed E-state index contributed by atoms with van der Waals surface area (Å²) in [5, 5.41) is 2.80. The molecule has 1 N–H and O–H groups in total. The quantitative estimate of drug-likeness (QED) is 0.763. The van der Waals surface area contributed by atoms with Gasteiger partial charge in [0.1, 0.15) is 6.04 Å². The minimum absolute atomic E-state index is 0.264. The van der Waals surface area contributed by atoms with E-state index in [-0.39, 0.29) is 17.7 Å². The Bertz CT molecular complexity index is 571. The third kappa shape index (κ3) is 1.65. The summed E-state index contributed by atoms with van der Waals surface area (Å²) in [6, 6.07) is 5.96. The van der Waals surface area contributed by atoms with Crippen molar-refractivity contribution in [2.45, 2.75) is 31.8 Å². The van der Waals surface area contributed by atoms with Crippen LogP contribution >= 0.6 is 0 Å². The molecule has 1 aromatic carbocycles. The molecular weight excluding hydrogens is 244 g/mol. The zero-order chi connectivity index (χ0) is 13.8. The van der Waals surface area contributed by atoms with Crippen molar-refractivity contribution in [3.8, 4) is 0 Å². The molecule has 0 spiro atoms. The number of rotatable bonds is 1. The van der Waals surface area contributed by atoms with Crippen molar-refractivity contribution < 1.29 is 14.4 Å². The number of nitrogens with zero attached hydrogens (tertiary/aromatic N) is 1. The molecule has 0 aliphatic carbocycles. The number of hydrogen-bond acceptors (Lipinski definition) is 3. The predicted octanol–water partition coefficient (Wildman–Crippen LogP) is 0.950. The fourth-order valence-electron chi connectivity index (χ4n) is 2.74. The van der Waals surface area contributed by atoms with Crippen LogP contribution in [0.3, 0.4) is 0 Å². The summed E-state index contributed by atoms with van der Waals surface area (Å²) in [6.07, 6.45) is 0.442. The van der Waals surface area contributed by atoms with Crippen LogP contribution in [0.25, 0.3) is 0 Å². The zero-order valence-electron chi connectivity index (χ0n) is 10.8. The molecular formula is C14H14N2O3. The number of hydrogen-bond donors (Lipinski definition) is 1. The van der Waals surface area contributed by atoms with Gasteiger partial charge in [-0.05, 0) is 32.4 Å². The number of fused-ring (bicyclic) bond motifs is 1. The molecule has 5 nitrogen and oxygen atoms in total. The van der Waals surface area contributed by atoms with E-state index in [0.717, 1.165) is 4.90 Å². The Morgan fingerprint density at radius 3 is 2.05 bits per heavy atom. The highest BCUT2D eigenvalue weighted by atomic mass is 16.2. The van der Waals surface area contributed by atoms with Crippen LogP contribution in [0.5, 0.6) is 0 Å². The van der Waals surface area contributed by atoms with Gasteiger partial charge in [0.25, 0.3) is 11.8 Å². The highest BCUT2D eigenvalue weighted by molar-refractivity contribution is 6.23. The number of imide groups is 1. The summed E-state index contributed by atoms with van der Waals surface area (Å²) in [4.78, 5) is 37.6. The fourth-order valence-corrected chi connectivity index (χ4v) is 2.74. The van der Waals surface area contributed by atoms with Gasteiger partial charge in [-0.2, -0.15) is 0 Å². The first-order chi connectivity index (χ1) is 8.91. The third-order valence-electron chi connectivity index (χ3n) is 3.61. The van der Waals surface area contributed by atoms with Gasteiger partial charge in [0.15, 0.2) is 0 Å². The molecule has 0 saturated carbocycles. The Kier molecular flexibility index (Phi) is 2.29. The lowest BCUT2D eigenvalue weighted by molar-refractivity contribution is -0.122. The summed E-state index contributed by atoms with van der Waals surface area (Å²) in [5.74, 6) is -1.02. The molecule has 1 atom stereocenters. The van der Waals surface area contributed by atoms with E-state index in [1.807, 2.05) is 13.8 Å². The maximum atomic E-state index is 12.3. The lowest BCUT2D eigenvalue weighted by Gasteiger charge is -2.21. The van der Waals surface area contributed by atoms with Gasteiger partial charge in [0.2, 0.25) is 5.91 Å². The number of amides is 3. The molecule has 1 saturated heterocycles. The van der Waals surface area contributed by atoms with Crippen molar-refractivity contribution in [2.75, 3.05) is 0 Å². The van der Waals surface area contributed by atoms with Crippen molar-refractivity contribution in [1.82, 2.24) is 10.2 Å². The first-order valence-corrected chi connectivity index (χ1v) is 6.20. The van der Waals surface area contributed by atoms with Crippen molar-refractivity contribution in [3.63, 3.8) is 0 Å². The molecule has 2 heterocycles. The smallest absolute Gasteiger partial charge is 0.262 e. The van der Waals surface area contributed by atoms with E-state index in [4.69, 9.17) is 0 Å². The molecule has 5 heteroatoms. The summed E-state index contributed by atoms with van der Waals surface area (Å²) in [7, 11) is 0. The molecule has 0 bridgehead atoms. The summed E-state index contributed by atoms with van der Waals surface area (Å²) >= 11 is 0. The van der Waals surface area contributed by atoms with Crippen molar-refractivity contribution in [1.29, 1.82) is 0 Å². The monoisotopic (exact) mass is 258 g/mol. The van der Waals surface area contributed by atoms with Crippen molar-refractivity contribution >= 4 is 17.7 Å². The fraction of sp³-hybridized carbons (Fsp3) is 0.357. The highest BCUT2D eigenvalue weighted by Gasteiger charge is 2.48.